The molecular weight excluding hydrogens is 308 g/mol. The van der Waals surface area contributed by atoms with Crippen molar-refractivity contribution in [3.63, 3.8) is 0 Å². The van der Waals surface area contributed by atoms with Gasteiger partial charge in [-0.15, -0.1) is 0 Å². The molecule has 0 saturated carbocycles. The molecule has 1 saturated heterocycles. The second-order valence-corrected chi connectivity index (χ2v) is 5.78. The van der Waals surface area contributed by atoms with E-state index in [2.05, 4.69) is 22.9 Å². The van der Waals surface area contributed by atoms with E-state index in [0.717, 1.165) is 45.4 Å². The summed E-state index contributed by atoms with van der Waals surface area (Å²) in [5.41, 5.74) is -0.0933. The number of ether oxygens (including phenoxy) is 1. The zero-order valence-electron chi connectivity index (χ0n) is 14.4. The maximum Gasteiger partial charge on any atom is 0.263 e. The monoisotopic (exact) mass is 336 g/mol. The number of nitrogens with zero attached hydrogens (tertiary/aromatic N) is 1. The number of unbranched alkanes of at least 4 members (excludes halogenated alkanes) is 1. The van der Waals surface area contributed by atoms with E-state index in [1.165, 1.54) is 6.20 Å². The van der Waals surface area contributed by atoms with Crippen molar-refractivity contribution in [2.45, 2.75) is 39.0 Å². The normalized spacial score (nSPS) is 15.6. The lowest BCUT2D eigenvalue weighted by molar-refractivity contribution is -0.124. The van der Waals surface area contributed by atoms with E-state index in [4.69, 9.17) is 10.00 Å². The molecule has 0 aromatic carbocycles. The summed E-state index contributed by atoms with van der Waals surface area (Å²) >= 11 is 0. The van der Waals surface area contributed by atoms with Crippen molar-refractivity contribution >= 4 is 11.8 Å². The fourth-order valence-electron chi connectivity index (χ4n) is 2.31. The standard InChI is InChI=1S/C17H28N4O3/c1-2-3-10-24-11-4-7-20-17(23)15(12-18)13-21-16(22)14-5-8-19-9-6-14/h13-14,19H,2-11H2,1H3,(H,20,23)(H,21,22)/b15-13-. The zero-order valence-corrected chi connectivity index (χ0v) is 14.4. The Balaban J connectivity index is 2.27. The van der Waals surface area contributed by atoms with Crippen LogP contribution in [0.25, 0.3) is 0 Å². The van der Waals surface area contributed by atoms with Gasteiger partial charge < -0.3 is 20.7 Å². The van der Waals surface area contributed by atoms with Gasteiger partial charge in [-0.25, -0.2) is 0 Å². The Labute approximate surface area is 143 Å². The first kappa shape index (κ1) is 20.1. The van der Waals surface area contributed by atoms with Crippen molar-refractivity contribution in [1.82, 2.24) is 16.0 Å². The molecule has 0 unspecified atom stereocenters. The number of rotatable bonds is 10. The van der Waals surface area contributed by atoms with Crippen molar-refractivity contribution in [3.8, 4) is 6.07 Å². The van der Waals surface area contributed by atoms with Crippen LogP contribution in [0.1, 0.15) is 39.0 Å². The molecule has 0 aromatic heterocycles. The predicted molar refractivity (Wildman–Crippen MR) is 90.8 cm³/mol. The number of hydrogen-bond donors (Lipinski definition) is 3. The molecule has 0 spiro atoms. The molecule has 1 aliphatic heterocycles. The minimum atomic E-state index is -0.475. The predicted octanol–water partition coefficient (Wildman–Crippen LogP) is 0.833. The van der Waals surface area contributed by atoms with E-state index in [-0.39, 0.29) is 17.4 Å². The van der Waals surface area contributed by atoms with Gasteiger partial charge in [0, 0.05) is 31.9 Å². The number of piperidine rings is 1. The fraction of sp³-hybridized carbons (Fsp3) is 0.706. The van der Waals surface area contributed by atoms with E-state index >= 15 is 0 Å². The lowest BCUT2D eigenvalue weighted by Gasteiger charge is -2.20. The fourth-order valence-corrected chi connectivity index (χ4v) is 2.31. The summed E-state index contributed by atoms with van der Waals surface area (Å²) in [6.07, 6.45) is 5.56. The maximum absolute atomic E-state index is 12.0. The number of nitriles is 1. The Bertz CT molecular complexity index is 465. The average Bonchev–Trinajstić information content (AvgIpc) is 2.62. The van der Waals surface area contributed by atoms with Crippen LogP contribution in [-0.2, 0) is 14.3 Å². The van der Waals surface area contributed by atoms with Crippen LogP contribution in [0, 0.1) is 17.2 Å². The van der Waals surface area contributed by atoms with Crippen LogP contribution in [0.3, 0.4) is 0 Å². The largest absolute Gasteiger partial charge is 0.381 e. The average molecular weight is 336 g/mol. The van der Waals surface area contributed by atoms with Gasteiger partial charge in [-0.3, -0.25) is 9.59 Å². The summed E-state index contributed by atoms with van der Waals surface area (Å²) in [5, 5.41) is 17.5. The highest BCUT2D eigenvalue weighted by molar-refractivity contribution is 5.97. The molecule has 0 aromatic rings. The van der Waals surface area contributed by atoms with Gasteiger partial charge in [0.25, 0.3) is 5.91 Å². The highest BCUT2D eigenvalue weighted by Crippen LogP contribution is 2.11. The number of amides is 2. The summed E-state index contributed by atoms with van der Waals surface area (Å²) < 4.78 is 5.40. The van der Waals surface area contributed by atoms with Gasteiger partial charge in [0.15, 0.2) is 0 Å². The lowest BCUT2D eigenvalue weighted by atomic mass is 9.97. The van der Waals surface area contributed by atoms with Gasteiger partial charge in [0.05, 0.1) is 0 Å². The molecular formula is C17H28N4O3. The van der Waals surface area contributed by atoms with Gasteiger partial charge in [-0.05, 0) is 38.8 Å². The molecule has 2 amide bonds. The van der Waals surface area contributed by atoms with Gasteiger partial charge in [-0.1, -0.05) is 13.3 Å². The van der Waals surface area contributed by atoms with Crippen LogP contribution in [0.15, 0.2) is 11.8 Å². The van der Waals surface area contributed by atoms with Gasteiger partial charge in [0.2, 0.25) is 5.91 Å². The molecule has 1 fully saturated rings. The molecule has 0 aliphatic carbocycles. The van der Waals surface area contributed by atoms with E-state index < -0.39 is 5.91 Å². The highest BCUT2D eigenvalue weighted by atomic mass is 16.5. The van der Waals surface area contributed by atoms with Gasteiger partial charge in [0.1, 0.15) is 11.6 Å². The summed E-state index contributed by atoms with van der Waals surface area (Å²) in [6.45, 7) is 5.48. The first-order valence-electron chi connectivity index (χ1n) is 8.66. The molecule has 1 aliphatic rings. The molecule has 24 heavy (non-hydrogen) atoms. The smallest absolute Gasteiger partial charge is 0.263 e. The van der Waals surface area contributed by atoms with Crippen molar-refractivity contribution in [2.75, 3.05) is 32.8 Å². The van der Waals surface area contributed by atoms with E-state index in [1.54, 1.807) is 0 Å². The van der Waals surface area contributed by atoms with Crippen molar-refractivity contribution in [2.24, 2.45) is 5.92 Å². The van der Waals surface area contributed by atoms with Gasteiger partial charge in [-0.2, -0.15) is 5.26 Å². The topological polar surface area (TPSA) is 103 Å². The molecule has 1 rings (SSSR count). The summed E-state index contributed by atoms with van der Waals surface area (Å²) in [6, 6.07) is 1.82. The molecule has 7 heteroatoms. The summed E-state index contributed by atoms with van der Waals surface area (Å²) in [7, 11) is 0. The van der Waals surface area contributed by atoms with Crippen LogP contribution in [0.2, 0.25) is 0 Å². The molecule has 3 N–H and O–H groups in total. The molecule has 7 nitrogen and oxygen atoms in total. The third kappa shape index (κ3) is 8.09. The third-order valence-electron chi connectivity index (χ3n) is 3.83. The molecule has 0 atom stereocenters. The quantitative estimate of drug-likeness (QED) is 0.311. The highest BCUT2D eigenvalue weighted by Gasteiger charge is 2.20. The number of hydrogen-bond acceptors (Lipinski definition) is 5. The third-order valence-corrected chi connectivity index (χ3v) is 3.83. The second-order valence-electron chi connectivity index (χ2n) is 5.78. The van der Waals surface area contributed by atoms with Crippen molar-refractivity contribution < 1.29 is 14.3 Å². The Hall–Kier alpha value is -1.91. The minimum Gasteiger partial charge on any atom is -0.381 e. The van der Waals surface area contributed by atoms with Crippen LogP contribution < -0.4 is 16.0 Å². The van der Waals surface area contributed by atoms with Gasteiger partial charge >= 0.3 is 0 Å². The second kappa shape index (κ2) is 12.5. The molecule has 134 valence electrons. The van der Waals surface area contributed by atoms with E-state index in [0.29, 0.717) is 19.6 Å². The van der Waals surface area contributed by atoms with Crippen LogP contribution in [-0.4, -0.2) is 44.7 Å². The molecule has 1 heterocycles. The zero-order chi connectivity index (χ0) is 17.6. The Morgan fingerprint density at radius 2 is 2.00 bits per heavy atom. The maximum atomic E-state index is 12.0. The number of carbonyl (C=O) groups is 2. The van der Waals surface area contributed by atoms with Crippen LogP contribution in [0.4, 0.5) is 0 Å². The minimum absolute atomic E-state index is 0.0641. The Kier molecular flexibility index (Phi) is 10.5. The summed E-state index contributed by atoms with van der Waals surface area (Å²) in [4.78, 5) is 23.9. The Morgan fingerprint density at radius 3 is 2.67 bits per heavy atom. The number of nitrogens with one attached hydrogen (secondary N) is 3. The SMILES string of the molecule is CCCCOCCCNC(=O)/C(C#N)=C\NC(=O)C1CCNCC1. The van der Waals surface area contributed by atoms with Crippen molar-refractivity contribution in [1.29, 1.82) is 5.26 Å². The molecule has 0 bridgehead atoms. The summed E-state index contributed by atoms with van der Waals surface area (Å²) in [5.74, 6) is -0.677. The van der Waals surface area contributed by atoms with Crippen molar-refractivity contribution in [3.05, 3.63) is 11.8 Å². The first-order chi connectivity index (χ1) is 11.7. The van der Waals surface area contributed by atoms with Crippen LogP contribution >= 0.6 is 0 Å². The number of carbonyl (C=O) groups excluding carboxylic acids is 2. The Morgan fingerprint density at radius 1 is 1.29 bits per heavy atom. The van der Waals surface area contributed by atoms with E-state index in [9.17, 15) is 9.59 Å². The van der Waals surface area contributed by atoms with Crippen LogP contribution in [0.5, 0.6) is 0 Å². The lowest BCUT2D eigenvalue weighted by Crippen LogP contribution is -2.37. The van der Waals surface area contributed by atoms with E-state index in [1.807, 2.05) is 6.07 Å². The molecule has 0 radical (unpaired) electrons. The first-order valence-corrected chi connectivity index (χ1v) is 8.66.